The highest BCUT2D eigenvalue weighted by Gasteiger charge is 1.82. The van der Waals surface area contributed by atoms with Crippen molar-refractivity contribution in [3.63, 3.8) is 0 Å². The Morgan fingerprint density at radius 1 is 1.33 bits per heavy atom. The summed E-state index contributed by atoms with van der Waals surface area (Å²) in [7, 11) is 0. The summed E-state index contributed by atoms with van der Waals surface area (Å²) in [6.07, 6.45) is 0. The highest BCUT2D eigenvalue weighted by molar-refractivity contribution is 5.62. The summed E-state index contributed by atoms with van der Waals surface area (Å²) < 4.78 is 0. The van der Waals surface area contributed by atoms with Crippen LogP contribution >= 0.6 is 0 Å². The lowest BCUT2D eigenvalue weighted by Gasteiger charge is -1.89. The van der Waals surface area contributed by atoms with Gasteiger partial charge in [0, 0.05) is 12.6 Å². The van der Waals surface area contributed by atoms with Gasteiger partial charge in [-0.1, -0.05) is 0 Å². The normalized spacial score (nSPS) is 8.08. The Kier molecular flexibility index (Phi) is 4.30. The minimum atomic E-state index is -0.833. The van der Waals surface area contributed by atoms with Crippen LogP contribution in [0, 0.1) is 0 Å². The molecule has 1 rings (SSSR count). The summed E-state index contributed by atoms with van der Waals surface area (Å²) in [6.45, 7) is 1.08. The van der Waals surface area contributed by atoms with Crippen LogP contribution in [0.5, 0.6) is 5.75 Å². The number of nitrogens with two attached hydrogens (primary N) is 1. The van der Waals surface area contributed by atoms with Crippen LogP contribution < -0.4 is 5.73 Å². The Balaban J connectivity index is 0.000000261. The Morgan fingerprint density at radius 2 is 1.67 bits per heavy atom. The third-order valence-electron chi connectivity index (χ3n) is 0.893. The summed E-state index contributed by atoms with van der Waals surface area (Å²) >= 11 is 0. The Bertz CT molecular complexity index is 218. The fraction of sp³-hybridized carbons (Fsp3) is 0.125. The molecule has 0 aliphatic heterocycles. The number of carboxylic acid groups (broad SMARTS) is 1. The van der Waals surface area contributed by atoms with Crippen LogP contribution in [0.3, 0.4) is 0 Å². The number of hydrogen-bond acceptors (Lipinski definition) is 3. The number of benzene rings is 1. The molecule has 0 fully saturated rings. The predicted molar refractivity (Wildman–Crippen MR) is 45.8 cm³/mol. The first-order valence-electron chi connectivity index (χ1n) is 3.26. The summed E-state index contributed by atoms with van der Waals surface area (Å²) in [5.74, 6) is -0.584. The van der Waals surface area contributed by atoms with Crippen molar-refractivity contribution in [1.82, 2.24) is 0 Å². The first-order valence-corrected chi connectivity index (χ1v) is 3.26. The highest BCUT2D eigenvalue weighted by Crippen LogP contribution is 2.09. The lowest BCUT2D eigenvalue weighted by Crippen LogP contribution is -1.80. The van der Waals surface area contributed by atoms with Crippen molar-refractivity contribution in [1.29, 1.82) is 0 Å². The number of rotatable bonds is 0. The Labute approximate surface area is 70.3 Å². The number of aromatic hydroxyl groups is 1. The maximum Gasteiger partial charge on any atom is 0.300 e. The van der Waals surface area contributed by atoms with Crippen molar-refractivity contribution in [2.24, 2.45) is 0 Å². The predicted octanol–water partition coefficient (Wildman–Crippen LogP) is 1.07. The minimum absolute atomic E-state index is 0.249. The van der Waals surface area contributed by atoms with E-state index < -0.39 is 5.97 Å². The van der Waals surface area contributed by atoms with Gasteiger partial charge in [0.05, 0.1) is 0 Å². The third-order valence-corrected chi connectivity index (χ3v) is 0.893. The molecule has 0 atom stereocenters. The van der Waals surface area contributed by atoms with Crippen LogP contribution in [0.1, 0.15) is 6.92 Å². The van der Waals surface area contributed by atoms with Gasteiger partial charge in [0.15, 0.2) is 0 Å². The number of carboxylic acids is 1. The van der Waals surface area contributed by atoms with E-state index in [1.54, 1.807) is 24.3 Å². The quantitative estimate of drug-likeness (QED) is 0.400. The van der Waals surface area contributed by atoms with Gasteiger partial charge in [-0.25, -0.2) is 0 Å². The first kappa shape index (κ1) is 10.3. The monoisotopic (exact) mass is 169 g/mol. The molecule has 4 heteroatoms. The largest absolute Gasteiger partial charge is 0.508 e. The van der Waals surface area contributed by atoms with Gasteiger partial charge in [0.25, 0.3) is 5.97 Å². The first-order chi connectivity index (χ1) is 5.52. The zero-order valence-electron chi connectivity index (χ0n) is 6.69. The molecule has 0 bridgehead atoms. The molecule has 0 aliphatic carbocycles. The molecule has 0 unspecified atom stereocenters. The van der Waals surface area contributed by atoms with E-state index in [4.69, 9.17) is 20.7 Å². The maximum absolute atomic E-state index is 9.00. The average Bonchev–Trinajstić information content (AvgIpc) is 1.94. The molecule has 12 heavy (non-hydrogen) atoms. The highest BCUT2D eigenvalue weighted by atomic mass is 16.4. The molecule has 4 nitrogen and oxygen atoms in total. The van der Waals surface area contributed by atoms with E-state index in [-0.39, 0.29) is 5.75 Å². The average molecular weight is 169 g/mol. The van der Waals surface area contributed by atoms with E-state index >= 15 is 0 Å². The summed E-state index contributed by atoms with van der Waals surface area (Å²) in [4.78, 5) is 9.00. The molecule has 0 heterocycles. The van der Waals surface area contributed by atoms with Crippen molar-refractivity contribution >= 4 is 11.7 Å². The van der Waals surface area contributed by atoms with Gasteiger partial charge in [0.1, 0.15) is 5.75 Å². The molecular formula is C8H11NO3. The molecule has 0 saturated carbocycles. The van der Waals surface area contributed by atoms with Crippen LogP contribution in [-0.4, -0.2) is 16.2 Å². The number of phenols is 1. The molecule has 0 spiro atoms. The summed E-state index contributed by atoms with van der Waals surface area (Å²) in [5, 5.41) is 16.1. The second kappa shape index (κ2) is 5.01. The fourth-order valence-corrected chi connectivity index (χ4v) is 0.474. The zero-order valence-corrected chi connectivity index (χ0v) is 6.69. The second-order valence-electron chi connectivity index (χ2n) is 2.11. The molecule has 1 aromatic carbocycles. The number of aliphatic carboxylic acids is 1. The van der Waals surface area contributed by atoms with Crippen LogP contribution in [0.25, 0.3) is 0 Å². The molecular weight excluding hydrogens is 158 g/mol. The van der Waals surface area contributed by atoms with E-state index in [9.17, 15) is 0 Å². The van der Waals surface area contributed by atoms with Crippen molar-refractivity contribution in [3.05, 3.63) is 24.3 Å². The molecule has 66 valence electrons. The Morgan fingerprint density at radius 3 is 1.92 bits per heavy atom. The van der Waals surface area contributed by atoms with Crippen LogP contribution in [0.15, 0.2) is 24.3 Å². The topological polar surface area (TPSA) is 83.5 Å². The van der Waals surface area contributed by atoms with E-state index in [0.29, 0.717) is 5.69 Å². The van der Waals surface area contributed by atoms with Crippen molar-refractivity contribution in [3.8, 4) is 5.75 Å². The number of nitrogen functional groups attached to an aromatic ring is 1. The van der Waals surface area contributed by atoms with Gasteiger partial charge in [-0.3, -0.25) is 4.79 Å². The number of phenolic OH excluding ortho intramolecular Hbond substituents is 1. The summed E-state index contributed by atoms with van der Waals surface area (Å²) in [5.41, 5.74) is 5.98. The molecule has 0 aliphatic rings. The molecule has 1 aromatic rings. The minimum Gasteiger partial charge on any atom is -0.508 e. The van der Waals surface area contributed by atoms with E-state index in [0.717, 1.165) is 6.92 Å². The fourth-order valence-electron chi connectivity index (χ4n) is 0.474. The van der Waals surface area contributed by atoms with Gasteiger partial charge in [-0.05, 0) is 24.3 Å². The smallest absolute Gasteiger partial charge is 0.300 e. The SMILES string of the molecule is CC(=O)O.Nc1ccc(O)cc1. The van der Waals surface area contributed by atoms with E-state index in [2.05, 4.69) is 0 Å². The third kappa shape index (κ3) is 6.41. The van der Waals surface area contributed by atoms with E-state index in [1.807, 2.05) is 0 Å². The van der Waals surface area contributed by atoms with Gasteiger partial charge >= 0.3 is 0 Å². The maximum atomic E-state index is 9.00. The van der Waals surface area contributed by atoms with Crippen LogP contribution in [0.2, 0.25) is 0 Å². The molecule has 0 amide bonds. The molecule has 0 saturated heterocycles. The lowest BCUT2D eigenvalue weighted by atomic mass is 10.3. The number of hydrogen-bond donors (Lipinski definition) is 3. The second-order valence-corrected chi connectivity index (χ2v) is 2.11. The number of anilines is 1. The van der Waals surface area contributed by atoms with Gasteiger partial charge in [-0.2, -0.15) is 0 Å². The summed E-state index contributed by atoms with van der Waals surface area (Å²) in [6, 6.07) is 6.40. The lowest BCUT2D eigenvalue weighted by molar-refractivity contribution is -0.134. The van der Waals surface area contributed by atoms with Gasteiger partial charge < -0.3 is 15.9 Å². The standard InChI is InChI=1S/C6H7NO.C2H4O2/c7-5-1-3-6(8)4-2-5;1-2(3)4/h1-4,8H,7H2;1H3,(H,3,4). The van der Waals surface area contributed by atoms with E-state index in [1.165, 1.54) is 0 Å². The molecule has 4 N–H and O–H groups in total. The molecule has 0 radical (unpaired) electrons. The van der Waals surface area contributed by atoms with Crippen LogP contribution in [-0.2, 0) is 4.79 Å². The molecule has 0 aromatic heterocycles. The van der Waals surface area contributed by atoms with Gasteiger partial charge in [-0.15, -0.1) is 0 Å². The van der Waals surface area contributed by atoms with Crippen molar-refractivity contribution < 1.29 is 15.0 Å². The zero-order chi connectivity index (χ0) is 9.56. The number of carbonyl (C=O) groups is 1. The van der Waals surface area contributed by atoms with Crippen molar-refractivity contribution in [2.45, 2.75) is 6.92 Å². The van der Waals surface area contributed by atoms with Crippen LogP contribution in [0.4, 0.5) is 5.69 Å². The van der Waals surface area contributed by atoms with Crippen molar-refractivity contribution in [2.75, 3.05) is 5.73 Å². The van der Waals surface area contributed by atoms with Gasteiger partial charge in [0.2, 0.25) is 0 Å². The Hall–Kier alpha value is -1.71.